The molecule has 0 aromatic heterocycles. The second-order valence-electron chi connectivity index (χ2n) is 4.70. The summed E-state index contributed by atoms with van der Waals surface area (Å²) in [6.07, 6.45) is -4.49. The van der Waals surface area contributed by atoms with Gasteiger partial charge in [0.15, 0.2) is 6.29 Å². The van der Waals surface area contributed by atoms with Gasteiger partial charge in [-0.1, -0.05) is 0 Å². The van der Waals surface area contributed by atoms with Crippen LogP contribution in [-0.2, 0) is 19.0 Å². The topological polar surface area (TPSA) is 117 Å². The molecule has 1 saturated heterocycles. The molecule has 0 aromatic carbocycles. The van der Waals surface area contributed by atoms with Gasteiger partial charge in [-0.05, 0) is 6.92 Å². The SMILES string of the molecule is CO[C@H]1O[C@H](C)[C@@H](NC(=O)[C@H](O)CCO)[C@H](OC)[C@@H]1O. The van der Waals surface area contributed by atoms with Gasteiger partial charge in [0.1, 0.15) is 18.3 Å². The van der Waals surface area contributed by atoms with E-state index in [9.17, 15) is 15.0 Å². The van der Waals surface area contributed by atoms with Crippen LogP contribution in [0.5, 0.6) is 0 Å². The van der Waals surface area contributed by atoms with Gasteiger partial charge in [0.25, 0.3) is 0 Å². The van der Waals surface area contributed by atoms with Crippen molar-refractivity contribution in [2.24, 2.45) is 0 Å². The Morgan fingerprint density at radius 1 is 1.40 bits per heavy atom. The van der Waals surface area contributed by atoms with Crippen LogP contribution in [0.2, 0.25) is 0 Å². The number of aliphatic hydroxyl groups is 3. The number of hydrogen-bond donors (Lipinski definition) is 4. The smallest absolute Gasteiger partial charge is 0.249 e. The minimum Gasteiger partial charge on any atom is -0.396 e. The van der Waals surface area contributed by atoms with Crippen molar-refractivity contribution >= 4 is 5.91 Å². The minimum atomic E-state index is -1.32. The molecule has 0 aliphatic carbocycles. The first-order chi connectivity index (χ1) is 9.46. The monoisotopic (exact) mass is 293 g/mol. The Kier molecular flexibility index (Phi) is 6.80. The third-order valence-electron chi connectivity index (χ3n) is 3.34. The van der Waals surface area contributed by atoms with Crippen molar-refractivity contribution in [3.8, 4) is 0 Å². The summed E-state index contributed by atoms with van der Waals surface area (Å²) < 4.78 is 15.6. The zero-order chi connectivity index (χ0) is 15.3. The number of hydrogen-bond acceptors (Lipinski definition) is 7. The van der Waals surface area contributed by atoms with E-state index < -0.39 is 42.7 Å². The summed E-state index contributed by atoms with van der Waals surface area (Å²) in [6, 6.07) is -0.637. The van der Waals surface area contributed by atoms with E-state index in [-0.39, 0.29) is 13.0 Å². The van der Waals surface area contributed by atoms with Crippen LogP contribution in [0.15, 0.2) is 0 Å². The highest BCUT2D eigenvalue weighted by atomic mass is 16.7. The molecule has 0 aromatic rings. The van der Waals surface area contributed by atoms with Crippen LogP contribution in [-0.4, -0.2) is 78.8 Å². The molecule has 0 spiro atoms. The van der Waals surface area contributed by atoms with Gasteiger partial charge in [0.2, 0.25) is 5.91 Å². The number of carbonyl (C=O) groups excluding carboxylic acids is 1. The lowest BCUT2D eigenvalue weighted by Crippen LogP contribution is -2.64. The van der Waals surface area contributed by atoms with Gasteiger partial charge in [-0.25, -0.2) is 0 Å². The fourth-order valence-corrected chi connectivity index (χ4v) is 2.21. The van der Waals surface area contributed by atoms with E-state index >= 15 is 0 Å². The van der Waals surface area contributed by atoms with Crippen LogP contribution in [0.1, 0.15) is 13.3 Å². The molecule has 1 rings (SSSR count). The molecule has 1 fully saturated rings. The van der Waals surface area contributed by atoms with Crippen molar-refractivity contribution in [2.45, 2.75) is 50.1 Å². The first-order valence-electron chi connectivity index (χ1n) is 6.44. The van der Waals surface area contributed by atoms with E-state index in [1.54, 1.807) is 6.92 Å². The zero-order valence-electron chi connectivity index (χ0n) is 11.9. The maximum atomic E-state index is 11.8. The summed E-state index contributed by atoms with van der Waals surface area (Å²) in [6.45, 7) is 1.40. The number of nitrogens with one attached hydrogen (secondary N) is 1. The molecule has 20 heavy (non-hydrogen) atoms. The summed E-state index contributed by atoms with van der Waals surface area (Å²) in [5.74, 6) is -0.649. The largest absolute Gasteiger partial charge is 0.396 e. The van der Waals surface area contributed by atoms with E-state index in [2.05, 4.69) is 5.32 Å². The molecular formula is C12H23NO7. The molecule has 8 nitrogen and oxygen atoms in total. The van der Waals surface area contributed by atoms with E-state index in [0.717, 1.165) is 0 Å². The number of rotatable bonds is 6. The molecule has 1 aliphatic rings. The first kappa shape index (κ1) is 17.3. The lowest BCUT2D eigenvalue weighted by molar-refractivity contribution is -0.267. The molecule has 8 heteroatoms. The predicted octanol–water partition coefficient (Wildman–Crippen LogP) is -2.02. The lowest BCUT2D eigenvalue weighted by Gasteiger charge is -2.42. The van der Waals surface area contributed by atoms with Crippen molar-refractivity contribution < 1.29 is 34.3 Å². The molecular weight excluding hydrogens is 270 g/mol. The van der Waals surface area contributed by atoms with E-state index in [4.69, 9.17) is 19.3 Å². The average Bonchev–Trinajstić information content (AvgIpc) is 2.42. The molecule has 1 heterocycles. The van der Waals surface area contributed by atoms with E-state index in [1.165, 1.54) is 14.2 Å². The molecule has 0 bridgehead atoms. The normalized spacial score (nSPS) is 35.6. The third kappa shape index (κ3) is 3.87. The van der Waals surface area contributed by atoms with Crippen LogP contribution in [0.3, 0.4) is 0 Å². The number of carbonyl (C=O) groups is 1. The van der Waals surface area contributed by atoms with Gasteiger partial charge in [0.05, 0.1) is 12.1 Å². The first-order valence-corrected chi connectivity index (χ1v) is 6.44. The average molecular weight is 293 g/mol. The second kappa shape index (κ2) is 7.87. The lowest BCUT2D eigenvalue weighted by atomic mass is 9.96. The number of amides is 1. The van der Waals surface area contributed by atoms with Gasteiger partial charge >= 0.3 is 0 Å². The van der Waals surface area contributed by atoms with Gasteiger partial charge in [0, 0.05) is 27.2 Å². The van der Waals surface area contributed by atoms with Crippen molar-refractivity contribution in [1.29, 1.82) is 0 Å². The summed E-state index contributed by atoms with van der Waals surface area (Å²) in [5.41, 5.74) is 0. The van der Waals surface area contributed by atoms with E-state index in [1.807, 2.05) is 0 Å². The fourth-order valence-electron chi connectivity index (χ4n) is 2.21. The number of methoxy groups -OCH3 is 2. The highest BCUT2D eigenvalue weighted by Gasteiger charge is 2.45. The molecule has 118 valence electrons. The molecule has 1 amide bonds. The summed E-state index contributed by atoms with van der Waals surface area (Å²) in [4.78, 5) is 11.8. The Balaban J connectivity index is 2.73. The molecule has 4 N–H and O–H groups in total. The van der Waals surface area contributed by atoms with Gasteiger partial charge in [-0.2, -0.15) is 0 Å². The quantitative estimate of drug-likeness (QED) is 0.446. The Labute approximate surface area is 117 Å². The van der Waals surface area contributed by atoms with Crippen molar-refractivity contribution in [3.05, 3.63) is 0 Å². The third-order valence-corrected chi connectivity index (χ3v) is 3.34. The highest BCUT2D eigenvalue weighted by molar-refractivity contribution is 5.80. The number of ether oxygens (including phenoxy) is 3. The van der Waals surface area contributed by atoms with Crippen LogP contribution in [0, 0.1) is 0 Å². The highest BCUT2D eigenvalue weighted by Crippen LogP contribution is 2.23. The molecule has 0 saturated carbocycles. The van der Waals surface area contributed by atoms with Crippen molar-refractivity contribution in [2.75, 3.05) is 20.8 Å². The van der Waals surface area contributed by atoms with E-state index in [0.29, 0.717) is 0 Å². The van der Waals surface area contributed by atoms with Gasteiger partial charge in [-0.15, -0.1) is 0 Å². The zero-order valence-corrected chi connectivity index (χ0v) is 11.9. The van der Waals surface area contributed by atoms with Crippen LogP contribution in [0.25, 0.3) is 0 Å². The molecule has 1 aliphatic heterocycles. The summed E-state index contributed by atoms with van der Waals surface area (Å²) in [7, 11) is 2.80. The molecule has 0 unspecified atom stereocenters. The predicted molar refractivity (Wildman–Crippen MR) is 67.8 cm³/mol. The fraction of sp³-hybridized carbons (Fsp3) is 0.917. The van der Waals surface area contributed by atoms with Crippen molar-refractivity contribution in [3.63, 3.8) is 0 Å². The minimum absolute atomic E-state index is 0.0608. The maximum absolute atomic E-state index is 11.8. The Morgan fingerprint density at radius 2 is 2.05 bits per heavy atom. The Bertz CT molecular complexity index is 314. The Morgan fingerprint density at radius 3 is 2.55 bits per heavy atom. The van der Waals surface area contributed by atoms with Crippen LogP contribution >= 0.6 is 0 Å². The maximum Gasteiger partial charge on any atom is 0.249 e. The Hall–Kier alpha value is -0.770. The standard InChI is InChI=1S/C12H23NO7/c1-6-8(13-11(17)7(15)4-5-14)10(18-2)9(16)12(19-3)20-6/h6-10,12,14-16H,4-5H2,1-3H3,(H,13,17)/t6-,7-,8-,9+,10+,12+/m1/s1. The summed E-state index contributed by atoms with van der Waals surface area (Å²) in [5, 5.41) is 30.8. The molecule has 0 radical (unpaired) electrons. The summed E-state index contributed by atoms with van der Waals surface area (Å²) >= 11 is 0. The van der Waals surface area contributed by atoms with Crippen LogP contribution < -0.4 is 5.32 Å². The molecule has 6 atom stereocenters. The number of aliphatic hydroxyl groups excluding tert-OH is 3. The second-order valence-corrected chi connectivity index (χ2v) is 4.70. The van der Waals surface area contributed by atoms with Gasteiger partial charge < -0.3 is 34.8 Å². The van der Waals surface area contributed by atoms with Crippen LogP contribution in [0.4, 0.5) is 0 Å². The van der Waals surface area contributed by atoms with Crippen molar-refractivity contribution in [1.82, 2.24) is 5.32 Å². The van der Waals surface area contributed by atoms with Gasteiger partial charge in [-0.3, -0.25) is 4.79 Å².